The number of hydrogen-bond donors (Lipinski definition) is 1. The van der Waals surface area contributed by atoms with Crippen molar-refractivity contribution in [2.24, 2.45) is 0 Å². The van der Waals surface area contributed by atoms with Crippen LogP contribution in [0.25, 0.3) is 5.57 Å². The molecule has 0 atom stereocenters. The van der Waals surface area contributed by atoms with Gasteiger partial charge in [0.2, 0.25) is 0 Å². The molecule has 0 fully saturated rings. The van der Waals surface area contributed by atoms with E-state index in [-0.39, 0.29) is 6.61 Å². The smallest absolute Gasteiger partial charge is 0.0465 e. The monoisotopic (exact) mass is 190 g/mol. The van der Waals surface area contributed by atoms with Crippen LogP contribution in [0, 0.1) is 0 Å². The molecule has 14 heavy (non-hydrogen) atoms. The third kappa shape index (κ3) is 3.35. The van der Waals surface area contributed by atoms with E-state index in [2.05, 4.69) is 37.3 Å². The molecule has 0 radical (unpaired) electrons. The molecule has 0 aliphatic carbocycles. The molecule has 1 nitrogen and oxygen atoms in total. The molecule has 0 amide bonds. The molecule has 0 spiro atoms. The highest BCUT2D eigenvalue weighted by Crippen LogP contribution is 2.19. The first-order valence-corrected chi connectivity index (χ1v) is 5.23. The number of rotatable bonds is 5. The Bertz CT molecular complexity index is 275. The van der Waals surface area contributed by atoms with Gasteiger partial charge in [-0.05, 0) is 24.0 Å². The molecule has 0 bridgehead atoms. The van der Waals surface area contributed by atoms with Crippen molar-refractivity contribution in [2.75, 3.05) is 6.61 Å². The van der Waals surface area contributed by atoms with Gasteiger partial charge in [-0.15, -0.1) is 0 Å². The third-order valence-electron chi connectivity index (χ3n) is 2.18. The zero-order chi connectivity index (χ0) is 10.2. The lowest BCUT2D eigenvalue weighted by Crippen LogP contribution is -1.86. The fraction of sp³-hybridized carbons (Fsp3) is 0.385. The molecular formula is C13H18O. The predicted molar refractivity (Wildman–Crippen MR) is 61.0 cm³/mol. The Labute approximate surface area is 86.1 Å². The largest absolute Gasteiger partial charge is 0.396 e. The van der Waals surface area contributed by atoms with Gasteiger partial charge in [0.15, 0.2) is 0 Å². The Hall–Kier alpha value is -1.08. The molecule has 1 aromatic rings. The van der Waals surface area contributed by atoms with Crippen molar-refractivity contribution >= 4 is 5.57 Å². The second-order valence-electron chi connectivity index (χ2n) is 3.36. The van der Waals surface area contributed by atoms with E-state index in [0.717, 1.165) is 19.3 Å². The van der Waals surface area contributed by atoms with Gasteiger partial charge in [-0.1, -0.05) is 49.8 Å². The molecule has 76 valence electrons. The van der Waals surface area contributed by atoms with Crippen LogP contribution >= 0.6 is 0 Å². The fourth-order valence-electron chi connectivity index (χ4n) is 1.52. The zero-order valence-corrected chi connectivity index (χ0v) is 8.74. The molecule has 1 aromatic carbocycles. The van der Waals surface area contributed by atoms with Crippen LogP contribution in [0.3, 0.4) is 0 Å². The molecule has 1 rings (SSSR count). The van der Waals surface area contributed by atoms with Gasteiger partial charge >= 0.3 is 0 Å². The average Bonchev–Trinajstić information content (AvgIpc) is 2.25. The molecule has 0 unspecified atom stereocenters. The summed E-state index contributed by atoms with van der Waals surface area (Å²) in [6.45, 7) is 2.41. The van der Waals surface area contributed by atoms with Crippen molar-refractivity contribution in [3.8, 4) is 0 Å². The highest BCUT2D eigenvalue weighted by Gasteiger charge is 1.98. The van der Waals surface area contributed by atoms with Gasteiger partial charge in [0, 0.05) is 6.61 Å². The minimum absolute atomic E-state index is 0.236. The van der Waals surface area contributed by atoms with E-state index in [1.54, 1.807) is 0 Å². The van der Waals surface area contributed by atoms with Crippen molar-refractivity contribution in [1.82, 2.24) is 0 Å². The van der Waals surface area contributed by atoms with Crippen LogP contribution in [0.15, 0.2) is 36.4 Å². The van der Waals surface area contributed by atoms with Crippen LogP contribution in [0.1, 0.15) is 31.7 Å². The van der Waals surface area contributed by atoms with Crippen LogP contribution in [0.2, 0.25) is 0 Å². The van der Waals surface area contributed by atoms with Gasteiger partial charge in [0.25, 0.3) is 0 Å². The van der Waals surface area contributed by atoms with Crippen LogP contribution in [-0.2, 0) is 0 Å². The molecule has 1 N–H and O–H groups in total. The van der Waals surface area contributed by atoms with Crippen LogP contribution in [0.4, 0.5) is 0 Å². The van der Waals surface area contributed by atoms with Gasteiger partial charge in [-0.2, -0.15) is 0 Å². The van der Waals surface area contributed by atoms with Crippen molar-refractivity contribution in [2.45, 2.75) is 26.2 Å². The van der Waals surface area contributed by atoms with Crippen LogP contribution in [-0.4, -0.2) is 11.7 Å². The SMILES string of the molecule is CCC/C(=C/CCO)c1ccccc1. The standard InChI is InChI=1S/C13H18O/c1-2-7-12(10-6-11-14)13-8-4-3-5-9-13/h3-5,8-10,14H,2,6-7,11H2,1H3/b12-10-. The van der Waals surface area contributed by atoms with Crippen LogP contribution < -0.4 is 0 Å². The maximum absolute atomic E-state index is 8.79. The van der Waals surface area contributed by atoms with Crippen molar-refractivity contribution in [1.29, 1.82) is 0 Å². The minimum Gasteiger partial charge on any atom is -0.396 e. The van der Waals surface area contributed by atoms with E-state index >= 15 is 0 Å². The highest BCUT2D eigenvalue weighted by molar-refractivity contribution is 5.65. The zero-order valence-electron chi connectivity index (χ0n) is 8.74. The summed E-state index contributed by atoms with van der Waals surface area (Å²) in [5.41, 5.74) is 2.63. The first-order valence-electron chi connectivity index (χ1n) is 5.23. The van der Waals surface area contributed by atoms with Crippen molar-refractivity contribution in [3.05, 3.63) is 42.0 Å². The number of allylic oxidation sites excluding steroid dienone is 1. The lowest BCUT2D eigenvalue weighted by atomic mass is 10.0. The maximum atomic E-state index is 8.79. The second kappa shape index (κ2) is 6.39. The maximum Gasteiger partial charge on any atom is 0.0465 e. The van der Waals surface area contributed by atoms with Gasteiger partial charge in [0.05, 0.1) is 0 Å². The Kier molecular flexibility index (Phi) is 5.02. The van der Waals surface area contributed by atoms with Crippen molar-refractivity contribution in [3.63, 3.8) is 0 Å². The minimum atomic E-state index is 0.236. The number of aliphatic hydroxyl groups excluding tert-OH is 1. The quantitative estimate of drug-likeness (QED) is 0.755. The van der Waals surface area contributed by atoms with Gasteiger partial charge in [-0.3, -0.25) is 0 Å². The summed E-state index contributed by atoms with van der Waals surface area (Å²) in [6.07, 6.45) is 5.12. The van der Waals surface area contributed by atoms with Crippen LogP contribution in [0.5, 0.6) is 0 Å². The van der Waals surface area contributed by atoms with E-state index in [1.807, 2.05) is 6.07 Å². The van der Waals surface area contributed by atoms with Gasteiger partial charge < -0.3 is 5.11 Å². The Balaban J connectivity index is 2.77. The summed E-state index contributed by atoms with van der Waals surface area (Å²) in [6, 6.07) is 10.4. The fourth-order valence-corrected chi connectivity index (χ4v) is 1.52. The molecule has 0 saturated carbocycles. The third-order valence-corrected chi connectivity index (χ3v) is 2.18. The first-order chi connectivity index (χ1) is 6.88. The summed E-state index contributed by atoms with van der Waals surface area (Å²) < 4.78 is 0. The normalized spacial score (nSPS) is 11.7. The summed E-state index contributed by atoms with van der Waals surface area (Å²) in [7, 11) is 0. The Morgan fingerprint density at radius 3 is 2.57 bits per heavy atom. The summed E-state index contributed by atoms with van der Waals surface area (Å²) in [5.74, 6) is 0. The molecule has 0 saturated heterocycles. The van der Waals surface area contributed by atoms with Gasteiger partial charge in [0.1, 0.15) is 0 Å². The second-order valence-corrected chi connectivity index (χ2v) is 3.36. The predicted octanol–water partition coefficient (Wildman–Crippen LogP) is 3.25. The van der Waals surface area contributed by atoms with Gasteiger partial charge in [-0.25, -0.2) is 0 Å². The molecule has 0 aliphatic rings. The number of benzene rings is 1. The molecule has 0 heterocycles. The summed E-state index contributed by atoms with van der Waals surface area (Å²) in [4.78, 5) is 0. The van der Waals surface area contributed by atoms with E-state index in [9.17, 15) is 0 Å². The first kappa shape index (κ1) is 11.0. The average molecular weight is 190 g/mol. The molecule has 1 heteroatoms. The summed E-state index contributed by atoms with van der Waals surface area (Å²) >= 11 is 0. The van der Waals surface area contributed by atoms with E-state index < -0.39 is 0 Å². The molecular weight excluding hydrogens is 172 g/mol. The molecule has 0 aliphatic heterocycles. The lowest BCUT2D eigenvalue weighted by molar-refractivity contribution is 0.302. The van der Waals surface area contributed by atoms with E-state index in [0.29, 0.717) is 0 Å². The van der Waals surface area contributed by atoms with E-state index in [1.165, 1.54) is 11.1 Å². The highest BCUT2D eigenvalue weighted by atomic mass is 16.2. The van der Waals surface area contributed by atoms with Crippen molar-refractivity contribution < 1.29 is 5.11 Å². The number of hydrogen-bond acceptors (Lipinski definition) is 1. The Morgan fingerprint density at radius 1 is 1.29 bits per heavy atom. The lowest BCUT2D eigenvalue weighted by Gasteiger charge is -2.05. The molecule has 0 aromatic heterocycles. The Morgan fingerprint density at radius 2 is 2.00 bits per heavy atom. The van der Waals surface area contributed by atoms with E-state index in [4.69, 9.17) is 5.11 Å². The topological polar surface area (TPSA) is 20.2 Å². The number of aliphatic hydroxyl groups is 1. The summed E-state index contributed by atoms with van der Waals surface area (Å²) in [5, 5.41) is 8.79.